The highest BCUT2D eigenvalue weighted by Crippen LogP contribution is 1.83. The van der Waals surface area contributed by atoms with Crippen LogP contribution in [0.2, 0.25) is 0 Å². The van der Waals surface area contributed by atoms with Crippen LogP contribution in [-0.4, -0.2) is 31.6 Å². The van der Waals surface area contributed by atoms with E-state index in [2.05, 4.69) is 10.0 Å². The first-order valence-corrected chi connectivity index (χ1v) is 2.42. The largest absolute Gasteiger partial charge is 0.480 e. The van der Waals surface area contributed by atoms with Crippen molar-refractivity contribution in [3.05, 3.63) is 10.4 Å². The first-order chi connectivity index (χ1) is 4.72. The summed E-state index contributed by atoms with van der Waals surface area (Å²) in [6.45, 7) is -0.192. The Bertz CT molecular complexity index is 166. The second-order valence-electron chi connectivity index (χ2n) is 1.47. The molecule has 1 atom stereocenters. The summed E-state index contributed by atoms with van der Waals surface area (Å²) >= 11 is 0. The maximum Gasteiger partial charge on any atom is 0.319 e. The van der Waals surface area contributed by atoms with E-state index in [9.17, 15) is 4.79 Å². The molecule has 0 aromatic rings. The number of nitrogens with one attached hydrogen (secondary N) is 1. The van der Waals surface area contributed by atoms with Crippen LogP contribution in [0, 0.1) is 0 Å². The summed E-state index contributed by atoms with van der Waals surface area (Å²) in [6, 6.07) is -1.00. The number of carboxylic acid groups (broad SMARTS) is 1. The van der Waals surface area contributed by atoms with Gasteiger partial charge < -0.3 is 10.3 Å². The Labute approximate surface area is 58.3 Å². The fourth-order valence-corrected chi connectivity index (χ4v) is 0.320. The van der Waals surface area contributed by atoms with Gasteiger partial charge in [-0.1, -0.05) is 5.11 Å². The number of aliphatic carboxylic acids is 1. The van der Waals surface area contributed by atoms with Gasteiger partial charge in [0.15, 0.2) is 7.98 Å². The monoisotopic (exact) mass is 140 g/mol. The second-order valence-corrected chi connectivity index (χ2v) is 1.47. The molecule has 0 spiro atoms. The van der Waals surface area contributed by atoms with Gasteiger partial charge in [-0.25, -0.2) is 0 Å². The molecule has 0 aliphatic heterocycles. The summed E-state index contributed by atoms with van der Waals surface area (Å²) in [5.74, 6) is -1.14. The van der Waals surface area contributed by atoms with Crippen molar-refractivity contribution >= 4 is 14.0 Å². The summed E-state index contributed by atoms with van der Waals surface area (Å²) in [4.78, 5) is 12.5. The molecule has 0 aromatic carbocycles. The fraction of sp³-hybridized carbons (Fsp3) is 0.667. The van der Waals surface area contributed by atoms with Gasteiger partial charge in [0.1, 0.15) is 6.04 Å². The molecule has 0 aromatic heterocycles. The van der Waals surface area contributed by atoms with Gasteiger partial charge in [-0.2, -0.15) is 0 Å². The molecule has 0 aliphatic carbocycles. The summed E-state index contributed by atoms with van der Waals surface area (Å²) in [5, 5.41) is 13.3. The first kappa shape index (κ1) is 8.80. The van der Waals surface area contributed by atoms with E-state index in [1.807, 2.05) is 5.23 Å². The Morgan fingerprint density at radius 1 is 2.00 bits per heavy atom. The average molecular weight is 140 g/mol. The van der Waals surface area contributed by atoms with Crippen molar-refractivity contribution in [2.24, 2.45) is 5.11 Å². The molecule has 0 aliphatic rings. The molecule has 0 fully saturated rings. The molecule has 0 heterocycles. The highest BCUT2D eigenvalue weighted by atomic mass is 16.4. The molecule has 1 unspecified atom stereocenters. The molecule has 0 saturated heterocycles. The Morgan fingerprint density at radius 3 is 2.90 bits per heavy atom. The van der Waals surface area contributed by atoms with Crippen LogP contribution in [0.4, 0.5) is 0 Å². The van der Waals surface area contributed by atoms with Crippen LogP contribution >= 0.6 is 0 Å². The summed E-state index contributed by atoms with van der Waals surface area (Å²) in [7, 11) is 4.80. The number of nitrogens with zero attached hydrogens (tertiary/aromatic N) is 3. The molecule has 6 nitrogen and oxygen atoms in total. The molecule has 2 N–H and O–H groups in total. The van der Waals surface area contributed by atoms with Crippen LogP contribution < -0.4 is 5.23 Å². The lowest BCUT2D eigenvalue weighted by molar-refractivity contribution is -0.138. The number of rotatable bonds is 4. The standard InChI is InChI=1S/C3H5BN4O2/c4-7-2(3(9)10)1-6-8-5/h2,7H,1H2,(H,9,10). The van der Waals surface area contributed by atoms with Crippen molar-refractivity contribution in [3.8, 4) is 0 Å². The Kier molecular flexibility index (Phi) is 4.10. The van der Waals surface area contributed by atoms with Crippen molar-refractivity contribution < 1.29 is 9.90 Å². The molecule has 0 amide bonds. The van der Waals surface area contributed by atoms with Gasteiger partial charge in [0, 0.05) is 4.91 Å². The van der Waals surface area contributed by atoms with E-state index in [0.717, 1.165) is 0 Å². The first-order valence-electron chi connectivity index (χ1n) is 2.42. The molecule has 0 saturated carbocycles. The van der Waals surface area contributed by atoms with E-state index in [1.165, 1.54) is 0 Å². The SMILES string of the molecule is [B]NC(CN=[N+]=[N-])C(=O)O. The lowest BCUT2D eigenvalue weighted by Gasteiger charge is -2.05. The summed E-state index contributed by atoms with van der Waals surface area (Å²) in [6.07, 6.45) is 0. The highest BCUT2D eigenvalue weighted by Gasteiger charge is 2.11. The predicted octanol–water partition coefficient (Wildman–Crippen LogP) is -0.577. The minimum absolute atomic E-state index is 0.192. The van der Waals surface area contributed by atoms with Gasteiger partial charge in [-0.05, 0) is 5.53 Å². The van der Waals surface area contributed by atoms with Crippen LogP contribution in [-0.2, 0) is 4.79 Å². The lowest BCUT2D eigenvalue weighted by atomic mass is 10.2. The van der Waals surface area contributed by atoms with Crippen molar-refractivity contribution in [3.63, 3.8) is 0 Å². The van der Waals surface area contributed by atoms with E-state index < -0.39 is 12.0 Å². The third-order valence-corrected chi connectivity index (χ3v) is 0.827. The summed E-state index contributed by atoms with van der Waals surface area (Å²) in [5.41, 5.74) is 7.79. The Balaban J connectivity index is 3.82. The van der Waals surface area contributed by atoms with Crippen molar-refractivity contribution in [2.45, 2.75) is 6.04 Å². The Morgan fingerprint density at radius 2 is 2.60 bits per heavy atom. The van der Waals surface area contributed by atoms with Crippen LogP contribution in [0.15, 0.2) is 5.11 Å². The van der Waals surface area contributed by atoms with Crippen molar-refractivity contribution in [1.29, 1.82) is 0 Å². The third kappa shape index (κ3) is 2.96. The molecular weight excluding hydrogens is 135 g/mol. The minimum Gasteiger partial charge on any atom is -0.480 e. The van der Waals surface area contributed by atoms with E-state index in [0.29, 0.717) is 0 Å². The number of carbonyl (C=O) groups is 1. The van der Waals surface area contributed by atoms with Crippen molar-refractivity contribution in [2.75, 3.05) is 6.54 Å². The van der Waals surface area contributed by atoms with Gasteiger partial charge in [0.2, 0.25) is 0 Å². The number of hydrogen-bond donors (Lipinski definition) is 2. The third-order valence-electron chi connectivity index (χ3n) is 0.827. The predicted molar refractivity (Wildman–Crippen MR) is 34.3 cm³/mol. The molecule has 52 valence electrons. The van der Waals surface area contributed by atoms with E-state index >= 15 is 0 Å². The van der Waals surface area contributed by atoms with Crippen LogP contribution in [0.5, 0.6) is 0 Å². The molecule has 0 bridgehead atoms. The molecule has 2 radical (unpaired) electrons. The van der Waals surface area contributed by atoms with Crippen LogP contribution in [0.25, 0.3) is 10.4 Å². The van der Waals surface area contributed by atoms with Crippen LogP contribution in [0.1, 0.15) is 0 Å². The minimum atomic E-state index is -1.14. The fourth-order valence-electron chi connectivity index (χ4n) is 0.320. The topological polar surface area (TPSA) is 98.1 Å². The van der Waals surface area contributed by atoms with Gasteiger partial charge in [0.05, 0.1) is 6.54 Å². The zero-order valence-electron chi connectivity index (χ0n) is 5.06. The number of carboxylic acids is 1. The zero-order chi connectivity index (χ0) is 7.98. The van der Waals surface area contributed by atoms with Gasteiger partial charge >= 0.3 is 5.97 Å². The normalized spacial score (nSPS) is 11.6. The van der Waals surface area contributed by atoms with Gasteiger partial charge in [-0.15, -0.1) is 0 Å². The molecular formula is C3H5BN4O2. The highest BCUT2D eigenvalue weighted by molar-refractivity contribution is 6.06. The molecule has 0 rings (SSSR count). The number of hydrogen-bond acceptors (Lipinski definition) is 3. The average Bonchev–Trinajstić information content (AvgIpc) is 1.89. The van der Waals surface area contributed by atoms with Crippen LogP contribution in [0.3, 0.4) is 0 Å². The second kappa shape index (κ2) is 4.66. The van der Waals surface area contributed by atoms with E-state index in [1.54, 1.807) is 0 Å². The maximum atomic E-state index is 10.1. The summed E-state index contributed by atoms with van der Waals surface area (Å²) < 4.78 is 0. The maximum absolute atomic E-state index is 10.1. The zero-order valence-corrected chi connectivity index (χ0v) is 5.06. The van der Waals surface area contributed by atoms with E-state index in [-0.39, 0.29) is 6.54 Å². The molecule has 10 heavy (non-hydrogen) atoms. The van der Waals surface area contributed by atoms with Gasteiger partial charge in [0.25, 0.3) is 0 Å². The lowest BCUT2D eigenvalue weighted by Crippen LogP contribution is -2.37. The van der Waals surface area contributed by atoms with E-state index in [4.69, 9.17) is 18.6 Å². The quantitative estimate of drug-likeness (QED) is 0.236. The number of azide groups is 1. The van der Waals surface area contributed by atoms with Crippen molar-refractivity contribution in [1.82, 2.24) is 5.23 Å². The van der Waals surface area contributed by atoms with Gasteiger partial charge in [-0.3, -0.25) is 4.79 Å². The smallest absolute Gasteiger partial charge is 0.319 e. The molecule has 7 heteroatoms. The Hall–Kier alpha value is -1.20.